The van der Waals surface area contributed by atoms with Gasteiger partial charge in [0.15, 0.2) is 5.82 Å². The van der Waals surface area contributed by atoms with Crippen LogP contribution in [0.2, 0.25) is 0 Å². The molecule has 4 nitrogen and oxygen atoms in total. The second kappa shape index (κ2) is 4.04. The topological polar surface area (TPSA) is 55.1 Å². The lowest BCUT2D eigenvalue weighted by Gasteiger charge is -2.02. The molecule has 1 aliphatic rings. The van der Waals surface area contributed by atoms with E-state index in [1.807, 2.05) is 19.9 Å². The molecule has 1 N–H and O–H groups in total. The minimum atomic E-state index is 0.000599. The normalized spacial score (nSPS) is 15.7. The molecule has 1 heterocycles. The quantitative estimate of drug-likeness (QED) is 0.827. The molecular formula is C11H16N2O2. The molecule has 1 aromatic rings. The Bertz CT molecular complexity index is 353. The SMILES string of the molecule is CC(C)CC(=O)Nc1cc(C2CC2)on1. The fourth-order valence-corrected chi connectivity index (χ4v) is 1.47. The van der Waals surface area contributed by atoms with Crippen LogP contribution in [0.5, 0.6) is 0 Å². The molecule has 0 radical (unpaired) electrons. The van der Waals surface area contributed by atoms with E-state index in [1.165, 1.54) is 12.8 Å². The van der Waals surface area contributed by atoms with Gasteiger partial charge in [-0.2, -0.15) is 0 Å². The summed E-state index contributed by atoms with van der Waals surface area (Å²) in [5, 5.41) is 6.55. The molecule has 0 spiro atoms. The first-order chi connectivity index (χ1) is 7.15. The molecule has 1 aliphatic carbocycles. The number of amides is 1. The monoisotopic (exact) mass is 208 g/mol. The second-order valence-corrected chi connectivity index (χ2v) is 4.53. The van der Waals surface area contributed by atoms with Crippen molar-refractivity contribution in [3.63, 3.8) is 0 Å². The lowest BCUT2D eigenvalue weighted by molar-refractivity contribution is -0.116. The van der Waals surface area contributed by atoms with E-state index in [4.69, 9.17) is 4.52 Å². The predicted octanol–water partition coefficient (Wildman–Crippen LogP) is 2.54. The van der Waals surface area contributed by atoms with Gasteiger partial charge in [-0.1, -0.05) is 19.0 Å². The van der Waals surface area contributed by atoms with Gasteiger partial charge in [0.05, 0.1) is 0 Å². The molecular weight excluding hydrogens is 192 g/mol. The third-order valence-electron chi connectivity index (χ3n) is 2.37. The summed E-state index contributed by atoms with van der Waals surface area (Å²) in [6.07, 6.45) is 2.87. The molecule has 0 saturated heterocycles. The van der Waals surface area contributed by atoms with E-state index < -0.39 is 0 Å². The van der Waals surface area contributed by atoms with E-state index in [0.717, 1.165) is 5.76 Å². The lowest BCUT2D eigenvalue weighted by atomic mass is 10.1. The first-order valence-electron chi connectivity index (χ1n) is 5.41. The number of carbonyl (C=O) groups is 1. The van der Waals surface area contributed by atoms with Gasteiger partial charge in [-0.25, -0.2) is 0 Å². The maximum atomic E-state index is 11.4. The van der Waals surface area contributed by atoms with Crippen LogP contribution in [0.15, 0.2) is 10.6 Å². The van der Waals surface area contributed by atoms with Crippen molar-refractivity contribution in [3.8, 4) is 0 Å². The van der Waals surface area contributed by atoms with Gasteiger partial charge in [0.25, 0.3) is 0 Å². The average Bonchev–Trinajstić information content (AvgIpc) is 2.87. The zero-order valence-corrected chi connectivity index (χ0v) is 9.12. The minimum absolute atomic E-state index is 0.000599. The molecule has 1 amide bonds. The van der Waals surface area contributed by atoms with Crippen molar-refractivity contribution in [2.45, 2.75) is 39.0 Å². The largest absolute Gasteiger partial charge is 0.359 e. The molecule has 0 aliphatic heterocycles. The highest BCUT2D eigenvalue weighted by molar-refractivity contribution is 5.89. The molecule has 2 rings (SSSR count). The second-order valence-electron chi connectivity index (χ2n) is 4.53. The molecule has 0 unspecified atom stereocenters. The summed E-state index contributed by atoms with van der Waals surface area (Å²) in [4.78, 5) is 11.4. The van der Waals surface area contributed by atoms with Crippen LogP contribution in [0.1, 0.15) is 44.8 Å². The van der Waals surface area contributed by atoms with Crippen LogP contribution >= 0.6 is 0 Å². The van der Waals surface area contributed by atoms with Crippen LogP contribution in [0.25, 0.3) is 0 Å². The Labute approximate surface area is 89.0 Å². The van der Waals surface area contributed by atoms with Crippen molar-refractivity contribution in [2.24, 2.45) is 5.92 Å². The van der Waals surface area contributed by atoms with Crippen LogP contribution < -0.4 is 5.32 Å². The Balaban J connectivity index is 1.89. The highest BCUT2D eigenvalue weighted by atomic mass is 16.5. The first kappa shape index (κ1) is 10.2. The number of rotatable bonds is 4. The van der Waals surface area contributed by atoms with Crippen molar-refractivity contribution in [1.29, 1.82) is 0 Å². The van der Waals surface area contributed by atoms with E-state index >= 15 is 0 Å². The van der Waals surface area contributed by atoms with Crippen LogP contribution in [0.4, 0.5) is 5.82 Å². The Morgan fingerprint density at radius 3 is 3.00 bits per heavy atom. The van der Waals surface area contributed by atoms with Crippen molar-refractivity contribution in [2.75, 3.05) is 5.32 Å². The molecule has 15 heavy (non-hydrogen) atoms. The highest BCUT2D eigenvalue weighted by Gasteiger charge is 2.28. The molecule has 4 heteroatoms. The number of nitrogens with one attached hydrogen (secondary N) is 1. The Morgan fingerprint density at radius 2 is 2.40 bits per heavy atom. The van der Waals surface area contributed by atoms with Gasteiger partial charge in [0.2, 0.25) is 5.91 Å². The summed E-state index contributed by atoms with van der Waals surface area (Å²) in [7, 11) is 0. The van der Waals surface area contributed by atoms with Gasteiger partial charge in [-0.15, -0.1) is 0 Å². The molecule has 0 aromatic carbocycles. The molecule has 82 valence electrons. The maximum absolute atomic E-state index is 11.4. The van der Waals surface area contributed by atoms with E-state index in [0.29, 0.717) is 24.1 Å². The van der Waals surface area contributed by atoms with E-state index in [2.05, 4.69) is 10.5 Å². The summed E-state index contributed by atoms with van der Waals surface area (Å²) >= 11 is 0. The van der Waals surface area contributed by atoms with E-state index in [9.17, 15) is 4.79 Å². The van der Waals surface area contributed by atoms with Crippen LogP contribution in [-0.4, -0.2) is 11.1 Å². The van der Waals surface area contributed by atoms with Gasteiger partial charge in [-0.05, 0) is 18.8 Å². The maximum Gasteiger partial charge on any atom is 0.225 e. The third kappa shape index (κ3) is 2.81. The van der Waals surface area contributed by atoms with Crippen molar-refractivity contribution < 1.29 is 9.32 Å². The summed E-state index contributed by atoms with van der Waals surface area (Å²) in [6, 6.07) is 1.83. The van der Waals surface area contributed by atoms with Crippen LogP contribution in [0, 0.1) is 5.92 Å². The Morgan fingerprint density at radius 1 is 1.67 bits per heavy atom. The summed E-state index contributed by atoms with van der Waals surface area (Å²) in [5.41, 5.74) is 0. The van der Waals surface area contributed by atoms with Crippen molar-refractivity contribution in [1.82, 2.24) is 5.16 Å². The molecule has 1 fully saturated rings. The van der Waals surface area contributed by atoms with Crippen molar-refractivity contribution >= 4 is 11.7 Å². The molecule has 0 atom stereocenters. The molecule has 0 bridgehead atoms. The number of carbonyl (C=O) groups excluding carboxylic acids is 1. The smallest absolute Gasteiger partial charge is 0.225 e. The van der Waals surface area contributed by atoms with Gasteiger partial charge >= 0.3 is 0 Å². The predicted molar refractivity (Wildman–Crippen MR) is 56.6 cm³/mol. The minimum Gasteiger partial charge on any atom is -0.359 e. The van der Waals surface area contributed by atoms with Crippen LogP contribution in [0.3, 0.4) is 0 Å². The Kier molecular flexibility index (Phi) is 2.75. The average molecular weight is 208 g/mol. The lowest BCUT2D eigenvalue weighted by Crippen LogP contribution is -2.13. The number of hydrogen-bond acceptors (Lipinski definition) is 3. The van der Waals surface area contributed by atoms with Gasteiger partial charge < -0.3 is 9.84 Å². The van der Waals surface area contributed by atoms with Crippen LogP contribution in [-0.2, 0) is 4.79 Å². The Hall–Kier alpha value is -1.32. The molecule has 1 saturated carbocycles. The van der Waals surface area contributed by atoms with Crippen molar-refractivity contribution in [3.05, 3.63) is 11.8 Å². The fourth-order valence-electron chi connectivity index (χ4n) is 1.47. The molecule has 1 aromatic heterocycles. The number of nitrogens with zero attached hydrogens (tertiary/aromatic N) is 1. The van der Waals surface area contributed by atoms with Gasteiger partial charge in [0, 0.05) is 18.4 Å². The summed E-state index contributed by atoms with van der Waals surface area (Å²) < 4.78 is 5.13. The van der Waals surface area contributed by atoms with E-state index in [-0.39, 0.29) is 5.91 Å². The summed E-state index contributed by atoms with van der Waals surface area (Å²) in [6.45, 7) is 4.02. The number of aromatic nitrogens is 1. The summed E-state index contributed by atoms with van der Waals surface area (Å²) in [5.74, 6) is 2.34. The van der Waals surface area contributed by atoms with Gasteiger partial charge in [-0.3, -0.25) is 4.79 Å². The zero-order valence-electron chi connectivity index (χ0n) is 9.12. The van der Waals surface area contributed by atoms with E-state index in [1.54, 1.807) is 0 Å². The highest BCUT2D eigenvalue weighted by Crippen LogP contribution is 2.40. The fraction of sp³-hybridized carbons (Fsp3) is 0.636. The number of hydrogen-bond donors (Lipinski definition) is 1. The van der Waals surface area contributed by atoms with Gasteiger partial charge in [0.1, 0.15) is 5.76 Å². The first-order valence-corrected chi connectivity index (χ1v) is 5.41. The standard InChI is InChI=1S/C11H16N2O2/c1-7(2)5-11(14)12-10-6-9(15-13-10)8-3-4-8/h6-8H,3-5H2,1-2H3,(H,12,13,14). The third-order valence-corrected chi connectivity index (χ3v) is 2.37. The number of anilines is 1. The zero-order chi connectivity index (χ0) is 10.8.